The number of ether oxygens (including phenoxy) is 1. The molecule has 4 nitrogen and oxygen atoms in total. The third kappa shape index (κ3) is 2.32. The molecule has 2 heterocycles. The van der Waals surface area contributed by atoms with Crippen LogP contribution in [0.15, 0.2) is 0 Å². The molecule has 2 aliphatic rings. The van der Waals surface area contributed by atoms with Crippen molar-refractivity contribution in [3.05, 3.63) is 0 Å². The van der Waals surface area contributed by atoms with Crippen LogP contribution in [0.1, 0.15) is 25.7 Å². The van der Waals surface area contributed by atoms with E-state index in [4.69, 9.17) is 15.0 Å². The lowest BCUT2D eigenvalue weighted by atomic mass is 10.0. The number of hydrogen-bond acceptors (Lipinski definition) is 4. The monoisotopic (exact) mass is 198 g/mol. The van der Waals surface area contributed by atoms with Crippen molar-refractivity contribution in [3.63, 3.8) is 0 Å². The van der Waals surface area contributed by atoms with Crippen LogP contribution in [0, 0.1) is 11.3 Å². The second-order valence-electron chi connectivity index (χ2n) is 3.95. The molecule has 0 aromatic heterocycles. The maximum Gasteiger partial charge on any atom is 0.185 e. The molecule has 0 spiro atoms. The minimum atomic E-state index is -0.213. The summed E-state index contributed by atoms with van der Waals surface area (Å²) in [5, 5.41) is 9.28. The highest BCUT2D eigenvalue weighted by Crippen LogP contribution is 2.22. The molecule has 2 unspecified atom stereocenters. The summed E-state index contributed by atoms with van der Waals surface area (Å²) in [5.74, 6) is 0.137. The first-order chi connectivity index (χ1) is 6.90. The Morgan fingerprint density at radius 2 is 2.14 bits per heavy atom. The molecule has 2 aliphatic heterocycles. The number of rotatable bonds is 3. The van der Waals surface area contributed by atoms with Gasteiger partial charge in [-0.2, -0.15) is 5.06 Å². The van der Waals surface area contributed by atoms with Gasteiger partial charge in [0.25, 0.3) is 0 Å². The molecule has 80 valence electrons. The maximum absolute atomic E-state index is 7.34. The maximum atomic E-state index is 7.34. The van der Waals surface area contributed by atoms with Crippen LogP contribution in [0.5, 0.6) is 0 Å². The van der Waals surface area contributed by atoms with Crippen molar-refractivity contribution in [2.45, 2.75) is 32.0 Å². The Morgan fingerprint density at radius 3 is 2.79 bits per heavy atom. The molecule has 14 heavy (non-hydrogen) atoms. The van der Waals surface area contributed by atoms with Gasteiger partial charge >= 0.3 is 0 Å². The lowest BCUT2D eigenvalue weighted by Crippen LogP contribution is -2.43. The zero-order valence-corrected chi connectivity index (χ0v) is 8.45. The van der Waals surface area contributed by atoms with Crippen molar-refractivity contribution in [2.75, 3.05) is 19.7 Å². The molecular formula is C10H18N2O2. The summed E-state index contributed by atoms with van der Waals surface area (Å²) >= 11 is 0. The Morgan fingerprint density at radius 1 is 1.29 bits per heavy atom. The number of nitrogens with zero attached hydrogens (tertiary/aromatic N) is 1. The van der Waals surface area contributed by atoms with E-state index in [9.17, 15) is 0 Å². The largest absolute Gasteiger partial charge is 0.350 e. The lowest BCUT2D eigenvalue weighted by Gasteiger charge is -2.34. The molecule has 0 bridgehead atoms. The summed E-state index contributed by atoms with van der Waals surface area (Å²) in [6.45, 7) is 2.78. The summed E-state index contributed by atoms with van der Waals surface area (Å²) in [5.41, 5.74) is 0. The fourth-order valence-electron chi connectivity index (χ4n) is 1.75. The highest BCUT2D eigenvalue weighted by molar-refractivity contribution is 5.57. The van der Waals surface area contributed by atoms with Crippen LogP contribution in [0.2, 0.25) is 0 Å². The molecule has 4 heteroatoms. The second kappa shape index (κ2) is 4.87. The van der Waals surface area contributed by atoms with E-state index in [2.05, 4.69) is 0 Å². The van der Waals surface area contributed by atoms with E-state index in [1.807, 2.05) is 5.06 Å². The quantitative estimate of drug-likeness (QED) is 0.697. The number of nitrogens with one attached hydrogen (secondary N) is 1. The molecule has 0 radical (unpaired) electrons. The minimum absolute atomic E-state index is 0.137. The topological polar surface area (TPSA) is 45.6 Å². The van der Waals surface area contributed by atoms with Crippen molar-refractivity contribution in [2.24, 2.45) is 5.92 Å². The molecule has 2 saturated heterocycles. The summed E-state index contributed by atoms with van der Waals surface area (Å²) in [6, 6.07) is 0. The average molecular weight is 198 g/mol. The van der Waals surface area contributed by atoms with Crippen molar-refractivity contribution in [1.29, 1.82) is 5.41 Å². The van der Waals surface area contributed by atoms with Crippen molar-refractivity contribution < 1.29 is 9.57 Å². The SMILES string of the molecule is N=CC1CCCCOC1ON1CCC1. The number of hydroxylamine groups is 2. The Kier molecular flexibility index (Phi) is 3.50. The molecule has 0 amide bonds. The van der Waals surface area contributed by atoms with Crippen LogP contribution < -0.4 is 0 Å². The van der Waals surface area contributed by atoms with Crippen molar-refractivity contribution in [1.82, 2.24) is 5.06 Å². The Bertz CT molecular complexity index is 195. The predicted molar refractivity (Wildman–Crippen MR) is 53.1 cm³/mol. The van der Waals surface area contributed by atoms with Crippen LogP contribution in [-0.2, 0) is 9.57 Å². The highest BCUT2D eigenvalue weighted by atomic mass is 16.8. The van der Waals surface area contributed by atoms with Gasteiger partial charge in [-0.05, 0) is 19.3 Å². The van der Waals surface area contributed by atoms with Gasteiger partial charge in [-0.25, -0.2) is 0 Å². The second-order valence-corrected chi connectivity index (χ2v) is 3.95. The summed E-state index contributed by atoms with van der Waals surface area (Å²) in [4.78, 5) is 5.67. The molecule has 0 saturated carbocycles. The van der Waals surface area contributed by atoms with Gasteiger partial charge in [0.05, 0.1) is 0 Å². The Balaban J connectivity index is 1.86. The molecule has 1 N–H and O–H groups in total. The van der Waals surface area contributed by atoms with Gasteiger partial charge in [0.2, 0.25) is 0 Å². The molecule has 2 atom stereocenters. The van der Waals surface area contributed by atoms with E-state index >= 15 is 0 Å². The Hall–Kier alpha value is -0.450. The van der Waals surface area contributed by atoms with Crippen molar-refractivity contribution >= 4 is 6.21 Å². The van der Waals surface area contributed by atoms with E-state index in [0.717, 1.165) is 39.0 Å². The third-order valence-electron chi connectivity index (χ3n) is 2.85. The lowest BCUT2D eigenvalue weighted by molar-refractivity contribution is -0.308. The zero-order chi connectivity index (χ0) is 9.80. The smallest absolute Gasteiger partial charge is 0.185 e. The standard InChI is InChI=1S/C10H18N2O2/c11-8-9-4-1-2-7-13-10(9)14-12-5-3-6-12/h8-11H,1-7H2. The van der Waals surface area contributed by atoms with E-state index in [1.165, 1.54) is 12.6 Å². The molecule has 0 aromatic rings. The Labute approximate surface area is 84.6 Å². The molecule has 2 fully saturated rings. The zero-order valence-electron chi connectivity index (χ0n) is 8.45. The van der Waals surface area contributed by atoms with Crippen molar-refractivity contribution in [3.8, 4) is 0 Å². The van der Waals surface area contributed by atoms with Gasteiger partial charge < -0.3 is 10.1 Å². The summed E-state index contributed by atoms with van der Waals surface area (Å²) < 4.78 is 5.60. The summed E-state index contributed by atoms with van der Waals surface area (Å²) in [7, 11) is 0. The first-order valence-electron chi connectivity index (χ1n) is 5.44. The van der Waals surface area contributed by atoms with E-state index in [0.29, 0.717) is 0 Å². The van der Waals surface area contributed by atoms with Gasteiger partial charge in [0.1, 0.15) is 0 Å². The van der Waals surface area contributed by atoms with Crippen LogP contribution in [0.4, 0.5) is 0 Å². The van der Waals surface area contributed by atoms with Gasteiger partial charge in [0.15, 0.2) is 6.29 Å². The van der Waals surface area contributed by atoms with Crippen LogP contribution >= 0.6 is 0 Å². The third-order valence-corrected chi connectivity index (χ3v) is 2.85. The molecular weight excluding hydrogens is 180 g/mol. The van der Waals surface area contributed by atoms with Crippen LogP contribution in [-0.4, -0.2) is 37.3 Å². The molecule has 0 aliphatic carbocycles. The normalized spacial score (nSPS) is 34.6. The van der Waals surface area contributed by atoms with Gasteiger partial charge in [-0.1, -0.05) is 6.42 Å². The predicted octanol–water partition coefficient (Wildman–Crippen LogP) is 1.42. The average Bonchev–Trinajstić information content (AvgIpc) is 2.35. The highest BCUT2D eigenvalue weighted by Gasteiger charge is 2.28. The van der Waals surface area contributed by atoms with E-state index < -0.39 is 0 Å². The fraction of sp³-hybridized carbons (Fsp3) is 0.900. The molecule has 0 aromatic carbocycles. The molecule has 2 rings (SSSR count). The number of hydrogen-bond donors (Lipinski definition) is 1. The van der Waals surface area contributed by atoms with Gasteiger partial charge in [-0.15, -0.1) is 0 Å². The fourth-order valence-corrected chi connectivity index (χ4v) is 1.75. The van der Waals surface area contributed by atoms with Crippen LogP contribution in [0.25, 0.3) is 0 Å². The van der Waals surface area contributed by atoms with E-state index in [-0.39, 0.29) is 12.2 Å². The van der Waals surface area contributed by atoms with Crippen LogP contribution in [0.3, 0.4) is 0 Å². The summed E-state index contributed by atoms with van der Waals surface area (Å²) in [6.07, 6.45) is 5.71. The van der Waals surface area contributed by atoms with Gasteiger partial charge in [0, 0.05) is 31.8 Å². The first kappa shape index (κ1) is 10.1. The minimum Gasteiger partial charge on any atom is -0.350 e. The van der Waals surface area contributed by atoms with E-state index in [1.54, 1.807) is 0 Å². The first-order valence-corrected chi connectivity index (χ1v) is 5.44. The van der Waals surface area contributed by atoms with Gasteiger partial charge in [-0.3, -0.25) is 4.84 Å².